The summed E-state index contributed by atoms with van der Waals surface area (Å²) in [5.41, 5.74) is 8.88. The van der Waals surface area contributed by atoms with E-state index in [-0.39, 0.29) is 11.7 Å². The second-order valence-electron chi connectivity index (χ2n) is 5.32. The molecule has 5 nitrogen and oxygen atoms in total. The highest BCUT2D eigenvalue weighted by molar-refractivity contribution is 5.98. The molecule has 5 heteroatoms. The van der Waals surface area contributed by atoms with Crippen LogP contribution >= 0.6 is 0 Å². The molecule has 0 saturated heterocycles. The number of nitrogen functional groups attached to an aromatic ring is 1. The Morgan fingerprint density at radius 3 is 2.82 bits per heavy atom. The molecule has 0 radical (unpaired) electrons. The maximum absolute atomic E-state index is 12.1. The fourth-order valence-corrected chi connectivity index (χ4v) is 2.31. The highest BCUT2D eigenvalue weighted by atomic mass is 16.3. The third-order valence-corrected chi connectivity index (χ3v) is 3.46. The number of amides is 1. The molecular weight excluding hydrogens is 278 g/mol. The van der Waals surface area contributed by atoms with Crippen molar-refractivity contribution in [3.05, 3.63) is 59.0 Å². The van der Waals surface area contributed by atoms with E-state index in [4.69, 9.17) is 10.2 Å². The van der Waals surface area contributed by atoms with E-state index >= 15 is 0 Å². The Hall–Kier alpha value is -2.82. The number of aryl methyl sites for hydroxylation is 2. The molecule has 0 spiro atoms. The van der Waals surface area contributed by atoms with Crippen molar-refractivity contribution >= 4 is 22.7 Å². The van der Waals surface area contributed by atoms with E-state index in [0.717, 1.165) is 22.2 Å². The molecule has 0 aliphatic heterocycles. The predicted octanol–water partition coefficient (Wildman–Crippen LogP) is 2.96. The quantitative estimate of drug-likeness (QED) is 0.778. The highest BCUT2D eigenvalue weighted by Gasteiger charge is 2.12. The molecule has 1 amide bonds. The van der Waals surface area contributed by atoms with Gasteiger partial charge in [-0.25, -0.2) is 4.98 Å². The SMILES string of the molecule is Cc1ccc2cc(CNC(=O)c3ccc(C)nc3N)oc2c1. The summed E-state index contributed by atoms with van der Waals surface area (Å²) in [6.45, 7) is 4.14. The van der Waals surface area contributed by atoms with Crippen LogP contribution < -0.4 is 11.1 Å². The number of furan rings is 1. The van der Waals surface area contributed by atoms with Crippen LogP contribution in [0.5, 0.6) is 0 Å². The van der Waals surface area contributed by atoms with Gasteiger partial charge in [-0.1, -0.05) is 12.1 Å². The molecule has 0 fully saturated rings. The normalized spacial score (nSPS) is 10.8. The number of anilines is 1. The highest BCUT2D eigenvalue weighted by Crippen LogP contribution is 2.20. The van der Waals surface area contributed by atoms with Crippen molar-refractivity contribution in [3.8, 4) is 0 Å². The molecule has 0 bridgehead atoms. The van der Waals surface area contributed by atoms with Crippen LogP contribution in [0.3, 0.4) is 0 Å². The summed E-state index contributed by atoms with van der Waals surface area (Å²) in [7, 11) is 0. The molecule has 3 N–H and O–H groups in total. The molecule has 1 aromatic carbocycles. The number of nitrogens with two attached hydrogens (primary N) is 1. The van der Waals surface area contributed by atoms with Gasteiger partial charge in [0, 0.05) is 11.1 Å². The van der Waals surface area contributed by atoms with E-state index in [1.807, 2.05) is 38.1 Å². The molecule has 3 aromatic rings. The summed E-state index contributed by atoms with van der Waals surface area (Å²) < 4.78 is 5.72. The van der Waals surface area contributed by atoms with Gasteiger partial charge in [0.2, 0.25) is 0 Å². The standard InChI is InChI=1S/C17H17N3O2/c1-10-3-5-12-8-13(22-15(12)7-10)9-19-17(21)14-6-4-11(2)20-16(14)18/h3-8H,9H2,1-2H3,(H2,18,20)(H,19,21). The molecule has 22 heavy (non-hydrogen) atoms. The van der Waals surface area contributed by atoms with Gasteiger partial charge in [0.15, 0.2) is 0 Å². The second-order valence-corrected chi connectivity index (χ2v) is 5.32. The minimum atomic E-state index is -0.262. The fraction of sp³-hybridized carbons (Fsp3) is 0.176. The van der Waals surface area contributed by atoms with E-state index in [2.05, 4.69) is 10.3 Å². The Morgan fingerprint density at radius 1 is 1.23 bits per heavy atom. The summed E-state index contributed by atoms with van der Waals surface area (Å²) in [4.78, 5) is 16.2. The van der Waals surface area contributed by atoms with Crippen LogP contribution in [0.1, 0.15) is 27.4 Å². The van der Waals surface area contributed by atoms with Crippen molar-refractivity contribution in [2.24, 2.45) is 0 Å². The molecule has 0 aliphatic carbocycles. The van der Waals surface area contributed by atoms with E-state index < -0.39 is 0 Å². The van der Waals surface area contributed by atoms with E-state index in [1.54, 1.807) is 12.1 Å². The first-order chi connectivity index (χ1) is 10.5. The van der Waals surface area contributed by atoms with Crippen LogP contribution in [0.15, 0.2) is 40.8 Å². The predicted molar refractivity (Wildman–Crippen MR) is 85.5 cm³/mol. The van der Waals surface area contributed by atoms with Gasteiger partial charge in [-0.05, 0) is 43.7 Å². The zero-order valence-corrected chi connectivity index (χ0v) is 12.5. The molecule has 0 atom stereocenters. The van der Waals surface area contributed by atoms with Gasteiger partial charge in [0.05, 0.1) is 12.1 Å². The Balaban J connectivity index is 1.74. The van der Waals surface area contributed by atoms with Gasteiger partial charge < -0.3 is 15.5 Å². The zero-order valence-electron chi connectivity index (χ0n) is 12.5. The maximum Gasteiger partial charge on any atom is 0.255 e. The topological polar surface area (TPSA) is 81.2 Å². The first-order valence-electron chi connectivity index (χ1n) is 7.03. The Kier molecular flexibility index (Phi) is 3.55. The Morgan fingerprint density at radius 2 is 2.05 bits per heavy atom. The lowest BCUT2D eigenvalue weighted by molar-refractivity contribution is 0.0949. The van der Waals surface area contributed by atoms with E-state index in [0.29, 0.717) is 17.9 Å². The molecule has 0 aliphatic rings. The number of hydrogen-bond acceptors (Lipinski definition) is 4. The Bertz CT molecular complexity index is 852. The summed E-state index contributed by atoms with van der Waals surface area (Å²) in [6, 6.07) is 11.4. The summed E-state index contributed by atoms with van der Waals surface area (Å²) >= 11 is 0. The number of nitrogens with zero attached hydrogens (tertiary/aromatic N) is 1. The number of benzene rings is 1. The third kappa shape index (κ3) is 2.79. The average molecular weight is 295 g/mol. The summed E-state index contributed by atoms with van der Waals surface area (Å²) in [5, 5.41) is 3.82. The number of fused-ring (bicyclic) bond motifs is 1. The maximum atomic E-state index is 12.1. The van der Waals surface area contributed by atoms with Crippen LogP contribution in [0, 0.1) is 13.8 Å². The van der Waals surface area contributed by atoms with Crippen molar-refractivity contribution in [3.63, 3.8) is 0 Å². The molecular formula is C17H17N3O2. The lowest BCUT2D eigenvalue weighted by Crippen LogP contribution is -2.24. The van der Waals surface area contributed by atoms with Gasteiger partial charge in [0.25, 0.3) is 5.91 Å². The number of aromatic nitrogens is 1. The number of nitrogens with one attached hydrogen (secondary N) is 1. The van der Waals surface area contributed by atoms with Gasteiger partial charge >= 0.3 is 0 Å². The largest absolute Gasteiger partial charge is 0.459 e. The lowest BCUT2D eigenvalue weighted by Gasteiger charge is -2.06. The number of pyridine rings is 1. The molecule has 2 heterocycles. The number of carbonyl (C=O) groups is 1. The van der Waals surface area contributed by atoms with Crippen LogP contribution in [0.2, 0.25) is 0 Å². The molecule has 0 unspecified atom stereocenters. The molecule has 2 aromatic heterocycles. The van der Waals surface area contributed by atoms with Crippen LogP contribution in [-0.2, 0) is 6.54 Å². The lowest BCUT2D eigenvalue weighted by atomic mass is 10.2. The number of rotatable bonds is 3. The first kappa shape index (κ1) is 14.1. The molecule has 3 rings (SSSR count). The molecule has 112 valence electrons. The third-order valence-electron chi connectivity index (χ3n) is 3.46. The van der Waals surface area contributed by atoms with E-state index in [9.17, 15) is 4.79 Å². The van der Waals surface area contributed by atoms with Crippen molar-refractivity contribution < 1.29 is 9.21 Å². The van der Waals surface area contributed by atoms with Crippen LogP contribution in [-0.4, -0.2) is 10.9 Å². The van der Waals surface area contributed by atoms with Gasteiger partial charge in [0.1, 0.15) is 17.2 Å². The van der Waals surface area contributed by atoms with Gasteiger partial charge in [-0.3, -0.25) is 4.79 Å². The monoisotopic (exact) mass is 295 g/mol. The van der Waals surface area contributed by atoms with Crippen molar-refractivity contribution in [2.75, 3.05) is 5.73 Å². The number of hydrogen-bond donors (Lipinski definition) is 2. The summed E-state index contributed by atoms with van der Waals surface area (Å²) in [6.07, 6.45) is 0. The number of carbonyl (C=O) groups excluding carboxylic acids is 1. The van der Waals surface area contributed by atoms with Crippen molar-refractivity contribution in [1.82, 2.24) is 10.3 Å². The minimum absolute atomic E-state index is 0.234. The summed E-state index contributed by atoms with van der Waals surface area (Å²) in [5.74, 6) is 0.673. The zero-order chi connectivity index (χ0) is 15.7. The first-order valence-corrected chi connectivity index (χ1v) is 7.03. The van der Waals surface area contributed by atoms with Gasteiger partial charge in [-0.15, -0.1) is 0 Å². The molecule has 0 saturated carbocycles. The van der Waals surface area contributed by atoms with Gasteiger partial charge in [-0.2, -0.15) is 0 Å². The second kappa shape index (κ2) is 5.52. The van der Waals surface area contributed by atoms with Crippen molar-refractivity contribution in [2.45, 2.75) is 20.4 Å². The van der Waals surface area contributed by atoms with E-state index in [1.165, 1.54) is 0 Å². The van der Waals surface area contributed by atoms with Crippen LogP contribution in [0.25, 0.3) is 11.0 Å². The smallest absolute Gasteiger partial charge is 0.255 e. The fourth-order valence-electron chi connectivity index (χ4n) is 2.31. The van der Waals surface area contributed by atoms with Crippen LogP contribution in [0.4, 0.5) is 5.82 Å². The minimum Gasteiger partial charge on any atom is -0.459 e. The van der Waals surface area contributed by atoms with Crippen molar-refractivity contribution in [1.29, 1.82) is 0 Å². The average Bonchev–Trinajstić information content (AvgIpc) is 2.86. The Labute approximate surface area is 128 Å².